The van der Waals surface area contributed by atoms with E-state index in [1.807, 2.05) is 0 Å². The molecule has 0 atom stereocenters. The zero-order valence-electron chi connectivity index (χ0n) is 25.5. The van der Waals surface area contributed by atoms with Gasteiger partial charge >= 0.3 is 0 Å². The number of anilines is 1. The molecule has 2 heterocycles. The second kappa shape index (κ2) is 15.3. The predicted octanol–water partition coefficient (Wildman–Crippen LogP) is 3.47. The summed E-state index contributed by atoms with van der Waals surface area (Å²) in [5.74, 6) is -1.31. The molecule has 3 amide bonds. The van der Waals surface area contributed by atoms with Crippen LogP contribution in [0.2, 0.25) is 0 Å². The Hall–Kier alpha value is -4.06. The van der Waals surface area contributed by atoms with E-state index in [0.717, 1.165) is 43.3 Å². The lowest BCUT2D eigenvalue weighted by Crippen LogP contribution is -2.42. The van der Waals surface area contributed by atoms with E-state index in [1.54, 1.807) is 65.6 Å². The van der Waals surface area contributed by atoms with Gasteiger partial charge in [-0.3, -0.25) is 14.4 Å². The van der Waals surface area contributed by atoms with Crippen molar-refractivity contribution in [2.45, 2.75) is 30.6 Å². The number of hydrogen-bond donors (Lipinski definition) is 1. The molecule has 0 spiro atoms. The molecule has 2 fully saturated rings. The van der Waals surface area contributed by atoms with Crippen molar-refractivity contribution in [3.05, 3.63) is 96.1 Å². The Morgan fingerprint density at radius 2 is 1.27 bits per heavy atom. The third kappa shape index (κ3) is 8.36. The largest absolute Gasteiger partial charge is 0.343 e. The van der Waals surface area contributed by atoms with E-state index in [4.69, 9.17) is 0 Å². The van der Waals surface area contributed by atoms with E-state index in [0.29, 0.717) is 13.1 Å². The van der Waals surface area contributed by atoms with Gasteiger partial charge in [-0.15, -0.1) is 0 Å². The van der Waals surface area contributed by atoms with E-state index in [9.17, 15) is 22.8 Å². The van der Waals surface area contributed by atoms with Gasteiger partial charge in [-0.1, -0.05) is 36.4 Å². The Morgan fingerprint density at radius 1 is 0.667 bits per heavy atom. The molecule has 5 rings (SSSR count). The third-order valence-corrected chi connectivity index (χ3v) is 10.1. The van der Waals surface area contributed by atoms with Crippen molar-refractivity contribution >= 4 is 33.4 Å². The highest BCUT2D eigenvalue weighted by Crippen LogP contribution is 2.26. The number of benzene rings is 3. The van der Waals surface area contributed by atoms with Crippen LogP contribution in [0.4, 0.5) is 5.69 Å². The molecule has 3 aromatic rings. The molecule has 0 bridgehead atoms. The molecule has 238 valence electrons. The molecule has 2 aliphatic rings. The normalized spacial score (nSPS) is 16.2. The van der Waals surface area contributed by atoms with E-state index in [-0.39, 0.29) is 34.2 Å². The maximum absolute atomic E-state index is 13.7. The summed E-state index contributed by atoms with van der Waals surface area (Å²) < 4.78 is 28.2. The number of rotatable bonds is 11. The number of hydrogen-bond acceptors (Lipinski definition) is 7. The summed E-state index contributed by atoms with van der Waals surface area (Å²) in [6.07, 6.45) is 4.63. The second-order valence-corrected chi connectivity index (χ2v) is 13.2. The van der Waals surface area contributed by atoms with Crippen molar-refractivity contribution in [2.75, 3.05) is 63.2 Å². The average molecular weight is 632 g/mol. The van der Waals surface area contributed by atoms with Crippen molar-refractivity contribution < 1.29 is 22.8 Å². The van der Waals surface area contributed by atoms with Crippen LogP contribution < -0.4 is 9.62 Å². The average Bonchev–Trinajstić information content (AvgIpc) is 3.48. The fourth-order valence-corrected chi connectivity index (χ4v) is 7.26. The number of sulfonamides is 1. The SMILES string of the molecule is O=C(NCC(=O)N1CCCN(CCCN2CCCC2)CC1)c1ccc(S(=O)(=O)N(C(=O)c2ccccc2)c2ccccc2)cc1. The van der Waals surface area contributed by atoms with E-state index in [1.165, 1.54) is 50.2 Å². The smallest absolute Gasteiger partial charge is 0.272 e. The van der Waals surface area contributed by atoms with Gasteiger partial charge < -0.3 is 20.0 Å². The highest BCUT2D eigenvalue weighted by atomic mass is 32.2. The van der Waals surface area contributed by atoms with Crippen molar-refractivity contribution in [3.63, 3.8) is 0 Å². The van der Waals surface area contributed by atoms with E-state index < -0.39 is 21.8 Å². The fourth-order valence-electron chi connectivity index (χ4n) is 5.85. The summed E-state index contributed by atoms with van der Waals surface area (Å²) in [5, 5.41) is 2.68. The standard InChI is InChI=1S/C34H41N5O5S/c40-32(38-24-10-23-37(25-26-38)22-9-21-36-19-7-8-20-36)27-35-33(41)28-15-17-31(18-16-28)45(43,44)39(30-13-5-2-6-14-30)34(42)29-11-3-1-4-12-29/h1-6,11-18H,7-10,19-27H2,(H,35,41). The van der Waals surface area contributed by atoms with E-state index in [2.05, 4.69) is 15.1 Å². The summed E-state index contributed by atoms with van der Waals surface area (Å²) in [6, 6.07) is 21.7. The topological polar surface area (TPSA) is 110 Å². The zero-order valence-corrected chi connectivity index (χ0v) is 26.3. The summed E-state index contributed by atoms with van der Waals surface area (Å²) in [4.78, 5) is 45.8. The molecule has 45 heavy (non-hydrogen) atoms. The van der Waals surface area contributed by atoms with Crippen molar-refractivity contribution in [1.82, 2.24) is 20.0 Å². The van der Waals surface area contributed by atoms with Crippen molar-refractivity contribution in [1.29, 1.82) is 0 Å². The van der Waals surface area contributed by atoms with Gasteiger partial charge in [0.2, 0.25) is 5.91 Å². The number of nitrogens with zero attached hydrogens (tertiary/aromatic N) is 4. The minimum atomic E-state index is -4.32. The lowest BCUT2D eigenvalue weighted by atomic mass is 10.2. The van der Waals surface area contributed by atoms with Gasteiger partial charge in [0, 0.05) is 30.8 Å². The summed E-state index contributed by atoms with van der Waals surface area (Å²) >= 11 is 0. The van der Waals surface area contributed by atoms with Crippen LogP contribution in [0.3, 0.4) is 0 Å². The maximum atomic E-state index is 13.7. The predicted molar refractivity (Wildman–Crippen MR) is 174 cm³/mol. The molecule has 3 aromatic carbocycles. The van der Waals surface area contributed by atoms with Crippen LogP contribution in [-0.4, -0.2) is 99.7 Å². The molecule has 10 nitrogen and oxygen atoms in total. The lowest BCUT2D eigenvalue weighted by molar-refractivity contribution is -0.130. The molecule has 1 N–H and O–H groups in total. The summed E-state index contributed by atoms with van der Waals surface area (Å²) in [6.45, 7) is 7.52. The van der Waals surface area contributed by atoms with Gasteiger partial charge in [0.15, 0.2) is 0 Å². The first-order valence-electron chi connectivity index (χ1n) is 15.6. The third-order valence-electron chi connectivity index (χ3n) is 8.34. The Labute approximate surface area is 265 Å². The molecule has 0 aromatic heterocycles. The highest BCUT2D eigenvalue weighted by Gasteiger charge is 2.32. The van der Waals surface area contributed by atoms with Crippen LogP contribution in [0.15, 0.2) is 89.8 Å². The second-order valence-electron chi connectivity index (χ2n) is 11.5. The molecular weight excluding hydrogens is 590 g/mol. The van der Waals surface area contributed by atoms with Crippen LogP contribution in [0.25, 0.3) is 0 Å². The fraction of sp³-hybridized carbons (Fsp3) is 0.382. The summed E-state index contributed by atoms with van der Waals surface area (Å²) in [7, 11) is -4.32. The number of amides is 3. The van der Waals surface area contributed by atoms with Crippen LogP contribution in [0.1, 0.15) is 46.4 Å². The van der Waals surface area contributed by atoms with Gasteiger partial charge in [-0.25, -0.2) is 8.42 Å². The molecule has 2 saturated heterocycles. The molecule has 0 aliphatic carbocycles. The zero-order chi connectivity index (χ0) is 31.6. The number of likely N-dealkylation sites (tertiary alicyclic amines) is 1. The minimum absolute atomic E-state index is 0.138. The number of nitrogens with one attached hydrogen (secondary N) is 1. The molecule has 11 heteroatoms. The van der Waals surface area contributed by atoms with E-state index >= 15 is 0 Å². The molecule has 0 radical (unpaired) electrons. The molecule has 0 unspecified atom stereocenters. The van der Waals surface area contributed by atoms with Gasteiger partial charge in [0.25, 0.3) is 21.8 Å². The van der Waals surface area contributed by atoms with Crippen LogP contribution >= 0.6 is 0 Å². The Bertz CT molecular complexity index is 1540. The van der Waals surface area contributed by atoms with Crippen molar-refractivity contribution in [3.8, 4) is 0 Å². The quantitative estimate of drug-likeness (QED) is 0.345. The number of carbonyl (C=O) groups excluding carboxylic acids is 3. The molecule has 2 aliphatic heterocycles. The lowest BCUT2D eigenvalue weighted by Gasteiger charge is -2.23. The Morgan fingerprint density at radius 3 is 1.93 bits per heavy atom. The number of carbonyl (C=O) groups is 3. The first kappa shape index (κ1) is 32.3. The Kier molecular flexibility index (Phi) is 11.0. The maximum Gasteiger partial charge on any atom is 0.272 e. The van der Waals surface area contributed by atoms with Crippen LogP contribution in [0, 0.1) is 0 Å². The Balaban J connectivity index is 1.16. The minimum Gasteiger partial charge on any atom is -0.343 e. The molecular formula is C34H41N5O5S. The summed E-state index contributed by atoms with van der Waals surface area (Å²) in [5.41, 5.74) is 0.632. The van der Waals surface area contributed by atoms with Gasteiger partial charge in [-0.05, 0) is 107 Å². The first-order valence-corrected chi connectivity index (χ1v) is 17.1. The van der Waals surface area contributed by atoms with Crippen molar-refractivity contribution in [2.24, 2.45) is 0 Å². The van der Waals surface area contributed by atoms with Gasteiger partial charge in [-0.2, -0.15) is 4.31 Å². The molecule has 0 saturated carbocycles. The highest BCUT2D eigenvalue weighted by molar-refractivity contribution is 7.93. The van der Waals surface area contributed by atoms with Crippen LogP contribution in [0.5, 0.6) is 0 Å². The van der Waals surface area contributed by atoms with Gasteiger partial charge in [0.05, 0.1) is 17.1 Å². The van der Waals surface area contributed by atoms with Gasteiger partial charge in [0.1, 0.15) is 0 Å². The van der Waals surface area contributed by atoms with Crippen LogP contribution in [-0.2, 0) is 14.8 Å². The monoisotopic (exact) mass is 631 g/mol. The number of para-hydroxylation sites is 1. The first-order chi connectivity index (χ1) is 21.8.